The molecule has 1 rings (SSSR count). The van der Waals surface area contributed by atoms with Crippen molar-refractivity contribution in [2.24, 2.45) is 5.92 Å². The molecule has 84 valence electrons. The number of rotatable bonds is 5. The molecule has 1 saturated heterocycles. The van der Waals surface area contributed by atoms with Crippen LogP contribution in [0.3, 0.4) is 0 Å². The first-order valence-corrected chi connectivity index (χ1v) is 6.11. The molecule has 2 heteroatoms. The number of hydrogen-bond donors (Lipinski definition) is 1. The Morgan fingerprint density at radius 1 is 1.36 bits per heavy atom. The molecule has 1 heterocycles. The lowest BCUT2D eigenvalue weighted by Gasteiger charge is -2.32. The van der Waals surface area contributed by atoms with Gasteiger partial charge in [0.1, 0.15) is 0 Å². The second-order valence-corrected chi connectivity index (χ2v) is 5.02. The van der Waals surface area contributed by atoms with Crippen LogP contribution < -0.4 is 5.32 Å². The summed E-state index contributed by atoms with van der Waals surface area (Å²) in [4.78, 5) is 2.53. The highest BCUT2D eigenvalue weighted by Crippen LogP contribution is 2.16. The quantitative estimate of drug-likeness (QED) is 0.681. The first kappa shape index (κ1) is 12.0. The van der Waals surface area contributed by atoms with E-state index in [0.717, 1.165) is 18.5 Å². The number of hydrogen-bond acceptors (Lipinski definition) is 2. The highest BCUT2D eigenvalue weighted by atomic mass is 15.1. The van der Waals surface area contributed by atoms with Gasteiger partial charge in [-0.3, -0.25) is 0 Å². The third-order valence-electron chi connectivity index (χ3n) is 3.13. The van der Waals surface area contributed by atoms with Crippen molar-refractivity contribution in [1.82, 2.24) is 10.2 Å². The van der Waals surface area contributed by atoms with Crippen LogP contribution in [0.25, 0.3) is 0 Å². The molecule has 1 unspecified atom stereocenters. The van der Waals surface area contributed by atoms with Crippen molar-refractivity contribution in [2.75, 3.05) is 26.7 Å². The van der Waals surface area contributed by atoms with Gasteiger partial charge in [0.15, 0.2) is 0 Å². The summed E-state index contributed by atoms with van der Waals surface area (Å²) in [6, 6.07) is 0.836. The van der Waals surface area contributed by atoms with Gasteiger partial charge in [0.05, 0.1) is 0 Å². The molecule has 0 aromatic rings. The minimum absolute atomic E-state index is 0.777. The van der Waals surface area contributed by atoms with Crippen molar-refractivity contribution in [3.63, 3.8) is 0 Å². The van der Waals surface area contributed by atoms with Crippen LogP contribution in [0.5, 0.6) is 0 Å². The Morgan fingerprint density at radius 2 is 2.14 bits per heavy atom. The van der Waals surface area contributed by atoms with Gasteiger partial charge in [0.2, 0.25) is 0 Å². The van der Waals surface area contributed by atoms with Crippen molar-refractivity contribution >= 4 is 0 Å². The Bertz CT molecular complexity index is 145. The zero-order valence-electron chi connectivity index (χ0n) is 10.1. The zero-order chi connectivity index (χ0) is 10.4. The number of nitrogens with zero attached hydrogens (tertiary/aromatic N) is 1. The van der Waals surface area contributed by atoms with Crippen LogP contribution in [0.2, 0.25) is 0 Å². The fraction of sp³-hybridized carbons (Fsp3) is 1.00. The molecule has 1 fully saturated rings. The molecule has 14 heavy (non-hydrogen) atoms. The molecule has 1 aliphatic heterocycles. The normalized spacial score (nSPS) is 24.4. The second-order valence-electron chi connectivity index (χ2n) is 5.02. The SMILES string of the molecule is CC(C)CNCCC1CCCCN1C. The van der Waals surface area contributed by atoms with Gasteiger partial charge in [0.25, 0.3) is 0 Å². The van der Waals surface area contributed by atoms with Crippen LogP contribution >= 0.6 is 0 Å². The summed E-state index contributed by atoms with van der Waals surface area (Å²) in [5, 5.41) is 3.53. The van der Waals surface area contributed by atoms with Crippen LogP contribution in [0, 0.1) is 5.92 Å². The van der Waals surface area contributed by atoms with E-state index in [1.807, 2.05) is 0 Å². The molecule has 0 saturated carbocycles. The van der Waals surface area contributed by atoms with Gasteiger partial charge in [-0.15, -0.1) is 0 Å². The summed E-state index contributed by atoms with van der Waals surface area (Å²) in [6.07, 6.45) is 5.55. The summed E-state index contributed by atoms with van der Waals surface area (Å²) in [5.41, 5.74) is 0. The average molecular weight is 198 g/mol. The molecule has 0 bridgehead atoms. The minimum Gasteiger partial charge on any atom is -0.316 e. The predicted octanol–water partition coefficient (Wildman–Crippen LogP) is 2.11. The fourth-order valence-electron chi connectivity index (χ4n) is 2.17. The van der Waals surface area contributed by atoms with E-state index in [-0.39, 0.29) is 0 Å². The van der Waals surface area contributed by atoms with Crippen molar-refractivity contribution in [2.45, 2.75) is 45.6 Å². The van der Waals surface area contributed by atoms with E-state index in [1.165, 1.54) is 38.8 Å². The van der Waals surface area contributed by atoms with E-state index in [0.29, 0.717) is 0 Å². The van der Waals surface area contributed by atoms with Crippen LogP contribution in [0.1, 0.15) is 39.5 Å². The molecule has 0 aromatic carbocycles. The molecular weight excluding hydrogens is 172 g/mol. The van der Waals surface area contributed by atoms with Crippen molar-refractivity contribution in [3.05, 3.63) is 0 Å². The Balaban J connectivity index is 2.04. The van der Waals surface area contributed by atoms with Crippen molar-refractivity contribution < 1.29 is 0 Å². The van der Waals surface area contributed by atoms with Gasteiger partial charge >= 0.3 is 0 Å². The topological polar surface area (TPSA) is 15.3 Å². The molecule has 1 N–H and O–H groups in total. The minimum atomic E-state index is 0.777. The third-order valence-corrected chi connectivity index (χ3v) is 3.13. The van der Waals surface area contributed by atoms with E-state index in [1.54, 1.807) is 0 Å². The van der Waals surface area contributed by atoms with Crippen LogP contribution in [-0.4, -0.2) is 37.6 Å². The standard InChI is InChI=1S/C12H26N2/c1-11(2)10-13-8-7-12-6-4-5-9-14(12)3/h11-13H,4-10H2,1-3H3. The summed E-state index contributed by atoms with van der Waals surface area (Å²) in [5.74, 6) is 0.777. The zero-order valence-corrected chi connectivity index (χ0v) is 10.1. The van der Waals surface area contributed by atoms with Crippen LogP contribution in [0.15, 0.2) is 0 Å². The molecule has 0 spiro atoms. The van der Waals surface area contributed by atoms with E-state index in [9.17, 15) is 0 Å². The Labute approximate surface area is 89.1 Å². The Hall–Kier alpha value is -0.0800. The monoisotopic (exact) mass is 198 g/mol. The maximum atomic E-state index is 3.53. The highest BCUT2D eigenvalue weighted by molar-refractivity contribution is 4.74. The lowest BCUT2D eigenvalue weighted by Crippen LogP contribution is -2.38. The Morgan fingerprint density at radius 3 is 2.79 bits per heavy atom. The van der Waals surface area contributed by atoms with E-state index >= 15 is 0 Å². The molecule has 0 aliphatic carbocycles. The number of piperidine rings is 1. The molecule has 0 aromatic heterocycles. The number of nitrogens with one attached hydrogen (secondary N) is 1. The van der Waals surface area contributed by atoms with Crippen LogP contribution in [-0.2, 0) is 0 Å². The predicted molar refractivity (Wildman–Crippen MR) is 62.6 cm³/mol. The van der Waals surface area contributed by atoms with Crippen LogP contribution in [0.4, 0.5) is 0 Å². The first-order valence-electron chi connectivity index (χ1n) is 6.11. The van der Waals surface area contributed by atoms with Crippen molar-refractivity contribution in [3.8, 4) is 0 Å². The highest BCUT2D eigenvalue weighted by Gasteiger charge is 2.17. The summed E-state index contributed by atoms with van der Waals surface area (Å²) >= 11 is 0. The Kier molecular flexibility index (Phi) is 5.49. The molecule has 0 radical (unpaired) electrons. The lowest BCUT2D eigenvalue weighted by atomic mass is 10.0. The molecular formula is C12H26N2. The first-order chi connectivity index (χ1) is 6.70. The van der Waals surface area contributed by atoms with Gasteiger partial charge in [-0.25, -0.2) is 0 Å². The molecule has 2 nitrogen and oxygen atoms in total. The summed E-state index contributed by atoms with van der Waals surface area (Å²) in [6.45, 7) is 8.18. The lowest BCUT2D eigenvalue weighted by molar-refractivity contribution is 0.175. The largest absolute Gasteiger partial charge is 0.316 e. The van der Waals surface area contributed by atoms with Crippen molar-refractivity contribution in [1.29, 1.82) is 0 Å². The molecule has 1 aliphatic rings. The van der Waals surface area contributed by atoms with Gasteiger partial charge < -0.3 is 10.2 Å². The summed E-state index contributed by atoms with van der Waals surface area (Å²) in [7, 11) is 2.27. The average Bonchev–Trinajstić information content (AvgIpc) is 2.15. The van der Waals surface area contributed by atoms with Gasteiger partial charge in [-0.05, 0) is 51.9 Å². The van der Waals surface area contributed by atoms with E-state index < -0.39 is 0 Å². The van der Waals surface area contributed by atoms with E-state index in [4.69, 9.17) is 0 Å². The molecule has 0 amide bonds. The van der Waals surface area contributed by atoms with Gasteiger partial charge in [0, 0.05) is 6.04 Å². The van der Waals surface area contributed by atoms with Gasteiger partial charge in [-0.1, -0.05) is 20.3 Å². The number of likely N-dealkylation sites (tertiary alicyclic amines) is 1. The maximum absolute atomic E-state index is 3.53. The third kappa shape index (κ3) is 4.43. The molecule has 1 atom stereocenters. The fourth-order valence-corrected chi connectivity index (χ4v) is 2.17. The van der Waals surface area contributed by atoms with E-state index in [2.05, 4.69) is 31.1 Å². The van der Waals surface area contributed by atoms with Gasteiger partial charge in [-0.2, -0.15) is 0 Å². The summed E-state index contributed by atoms with van der Waals surface area (Å²) < 4.78 is 0. The second kappa shape index (κ2) is 6.41. The maximum Gasteiger partial charge on any atom is 0.0104 e. The smallest absolute Gasteiger partial charge is 0.0104 e.